The summed E-state index contributed by atoms with van der Waals surface area (Å²) in [5.41, 5.74) is -0.254. The monoisotopic (exact) mass is 376 g/mol. The molecule has 0 saturated heterocycles. The van der Waals surface area contributed by atoms with Crippen LogP contribution >= 0.6 is 15.9 Å². The van der Waals surface area contributed by atoms with E-state index >= 15 is 0 Å². The molecule has 0 unspecified atom stereocenters. The standard InChI is InChI=1S/C11H10BrFN4O3S/c1-17-5-8(21(14,19)20)10(16-17)15-11(18)6-3-2-4-7(12)9(6)13/h2-5H,1H3,(H2,14,19,20)(H,15,16,18). The highest BCUT2D eigenvalue weighted by atomic mass is 79.9. The van der Waals surface area contributed by atoms with Crippen LogP contribution in [0.5, 0.6) is 0 Å². The van der Waals surface area contributed by atoms with Gasteiger partial charge in [0.25, 0.3) is 5.91 Å². The number of primary sulfonamides is 1. The maximum absolute atomic E-state index is 13.8. The van der Waals surface area contributed by atoms with Crippen molar-refractivity contribution < 1.29 is 17.6 Å². The van der Waals surface area contributed by atoms with Crippen molar-refractivity contribution in [3.05, 3.63) is 40.2 Å². The van der Waals surface area contributed by atoms with Gasteiger partial charge < -0.3 is 5.32 Å². The third kappa shape index (κ3) is 3.28. The highest BCUT2D eigenvalue weighted by Crippen LogP contribution is 2.21. The molecule has 1 heterocycles. The van der Waals surface area contributed by atoms with Crippen molar-refractivity contribution in [2.75, 3.05) is 5.32 Å². The minimum absolute atomic E-state index is 0.114. The SMILES string of the molecule is Cn1cc(S(N)(=O)=O)c(NC(=O)c2cccc(Br)c2F)n1. The molecule has 0 aliphatic carbocycles. The molecule has 2 aromatic rings. The van der Waals surface area contributed by atoms with Crippen molar-refractivity contribution >= 4 is 37.7 Å². The molecule has 112 valence electrons. The molecule has 2 rings (SSSR count). The fourth-order valence-corrected chi connectivity index (χ4v) is 2.64. The summed E-state index contributed by atoms with van der Waals surface area (Å²) in [5, 5.41) is 11.0. The summed E-state index contributed by atoms with van der Waals surface area (Å²) in [5.74, 6) is -1.86. The van der Waals surface area contributed by atoms with Gasteiger partial charge in [-0.2, -0.15) is 5.10 Å². The molecule has 10 heteroatoms. The van der Waals surface area contributed by atoms with Gasteiger partial charge in [-0.3, -0.25) is 9.48 Å². The lowest BCUT2D eigenvalue weighted by Crippen LogP contribution is -2.18. The highest BCUT2D eigenvalue weighted by Gasteiger charge is 2.22. The number of amides is 1. The van der Waals surface area contributed by atoms with Crippen molar-refractivity contribution in [1.29, 1.82) is 0 Å². The molecule has 7 nitrogen and oxygen atoms in total. The molecule has 0 aliphatic rings. The second-order valence-corrected chi connectivity index (χ2v) is 6.50. The molecular formula is C11H10BrFN4O3S. The molecule has 1 aromatic carbocycles. The first-order chi connectivity index (χ1) is 9.70. The zero-order valence-electron chi connectivity index (χ0n) is 10.7. The number of sulfonamides is 1. The van der Waals surface area contributed by atoms with Gasteiger partial charge in [-0.15, -0.1) is 0 Å². The highest BCUT2D eigenvalue weighted by molar-refractivity contribution is 9.10. The molecule has 0 fully saturated rings. The van der Waals surface area contributed by atoms with Crippen LogP contribution < -0.4 is 10.5 Å². The van der Waals surface area contributed by atoms with Crippen LogP contribution in [0.3, 0.4) is 0 Å². The van der Waals surface area contributed by atoms with E-state index in [9.17, 15) is 17.6 Å². The van der Waals surface area contributed by atoms with Gasteiger partial charge in [0.2, 0.25) is 10.0 Å². The molecule has 0 aliphatic heterocycles. The Morgan fingerprint density at radius 1 is 1.48 bits per heavy atom. The van der Waals surface area contributed by atoms with Gasteiger partial charge in [-0.25, -0.2) is 17.9 Å². The van der Waals surface area contributed by atoms with Crippen molar-refractivity contribution in [2.24, 2.45) is 12.2 Å². The van der Waals surface area contributed by atoms with Gasteiger partial charge in [0.15, 0.2) is 5.82 Å². The summed E-state index contributed by atoms with van der Waals surface area (Å²) in [4.78, 5) is 11.7. The van der Waals surface area contributed by atoms with Crippen molar-refractivity contribution in [3.63, 3.8) is 0 Å². The van der Waals surface area contributed by atoms with Gasteiger partial charge in [-0.05, 0) is 28.1 Å². The maximum atomic E-state index is 13.8. The quantitative estimate of drug-likeness (QED) is 0.839. The van der Waals surface area contributed by atoms with Gasteiger partial charge in [-0.1, -0.05) is 6.07 Å². The van der Waals surface area contributed by atoms with E-state index in [2.05, 4.69) is 26.3 Å². The summed E-state index contributed by atoms with van der Waals surface area (Å²) in [6, 6.07) is 4.17. The first-order valence-electron chi connectivity index (χ1n) is 5.52. The summed E-state index contributed by atoms with van der Waals surface area (Å²) in [6.07, 6.45) is 1.14. The van der Waals surface area contributed by atoms with Crippen LogP contribution in [0.1, 0.15) is 10.4 Å². The number of benzene rings is 1. The zero-order chi connectivity index (χ0) is 15.8. The number of nitrogens with zero attached hydrogens (tertiary/aromatic N) is 2. The Morgan fingerprint density at radius 2 is 2.14 bits per heavy atom. The lowest BCUT2D eigenvalue weighted by molar-refractivity contribution is 0.102. The van der Waals surface area contributed by atoms with E-state index in [1.807, 2.05) is 0 Å². The lowest BCUT2D eigenvalue weighted by Gasteiger charge is -2.06. The molecule has 1 amide bonds. The number of aromatic nitrogens is 2. The molecule has 1 aromatic heterocycles. The summed E-state index contributed by atoms with van der Waals surface area (Å²) < 4.78 is 37.9. The van der Waals surface area contributed by atoms with Crippen molar-refractivity contribution in [3.8, 4) is 0 Å². The van der Waals surface area contributed by atoms with Gasteiger partial charge in [0.05, 0.1) is 10.0 Å². The lowest BCUT2D eigenvalue weighted by atomic mass is 10.2. The molecule has 0 saturated carbocycles. The van der Waals surface area contributed by atoms with Gasteiger partial charge in [0, 0.05) is 13.2 Å². The number of carbonyl (C=O) groups excluding carboxylic acids is 1. The van der Waals surface area contributed by atoms with Crippen molar-refractivity contribution in [2.45, 2.75) is 4.90 Å². The van der Waals surface area contributed by atoms with Gasteiger partial charge >= 0.3 is 0 Å². The maximum Gasteiger partial charge on any atom is 0.259 e. The number of hydrogen-bond donors (Lipinski definition) is 2. The van der Waals surface area contributed by atoms with E-state index in [0.717, 1.165) is 6.20 Å². The third-order valence-corrected chi connectivity index (χ3v) is 4.05. The van der Waals surface area contributed by atoms with Crippen LogP contribution in [0.4, 0.5) is 10.2 Å². The second kappa shape index (κ2) is 5.54. The first-order valence-corrected chi connectivity index (χ1v) is 7.86. The largest absolute Gasteiger partial charge is 0.304 e. The number of hydrogen-bond acceptors (Lipinski definition) is 4. The van der Waals surface area contributed by atoms with Gasteiger partial charge in [0.1, 0.15) is 10.7 Å². The number of anilines is 1. The third-order valence-electron chi connectivity index (χ3n) is 2.53. The Hall–Kier alpha value is -1.78. The van der Waals surface area contributed by atoms with Crippen LogP contribution in [0.2, 0.25) is 0 Å². The fraction of sp³-hybridized carbons (Fsp3) is 0.0909. The normalized spacial score (nSPS) is 11.4. The average Bonchev–Trinajstić information content (AvgIpc) is 2.73. The predicted molar refractivity (Wildman–Crippen MR) is 76.6 cm³/mol. The van der Waals surface area contributed by atoms with Crippen LogP contribution in [0, 0.1) is 5.82 Å². The molecular weight excluding hydrogens is 367 g/mol. The zero-order valence-corrected chi connectivity index (χ0v) is 13.1. The number of carbonyl (C=O) groups is 1. The van der Waals surface area contributed by atoms with Crippen LogP contribution in [-0.4, -0.2) is 24.1 Å². The Bertz CT molecular complexity index is 819. The topological polar surface area (TPSA) is 107 Å². The molecule has 21 heavy (non-hydrogen) atoms. The molecule has 0 spiro atoms. The van der Waals surface area contributed by atoms with E-state index < -0.39 is 21.7 Å². The molecule has 0 atom stereocenters. The van der Waals surface area contributed by atoms with Crippen LogP contribution in [0.25, 0.3) is 0 Å². The number of rotatable bonds is 3. The van der Waals surface area contributed by atoms with E-state index in [1.54, 1.807) is 0 Å². The van der Waals surface area contributed by atoms with E-state index in [1.165, 1.54) is 29.9 Å². The number of aryl methyl sites for hydroxylation is 1. The fourth-order valence-electron chi connectivity index (χ4n) is 1.62. The minimum atomic E-state index is -4.06. The first kappa shape index (κ1) is 15.6. The number of nitrogens with two attached hydrogens (primary N) is 1. The number of nitrogens with one attached hydrogen (secondary N) is 1. The van der Waals surface area contributed by atoms with E-state index in [0.29, 0.717) is 0 Å². The van der Waals surface area contributed by atoms with Crippen LogP contribution in [-0.2, 0) is 17.1 Å². The second-order valence-electron chi connectivity index (χ2n) is 4.12. The number of halogens is 2. The molecule has 0 radical (unpaired) electrons. The van der Waals surface area contributed by atoms with E-state index in [-0.39, 0.29) is 20.7 Å². The average molecular weight is 377 g/mol. The summed E-state index contributed by atoms with van der Waals surface area (Å²) >= 11 is 2.96. The summed E-state index contributed by atoms with van der Waals surface area (Å²) in [6.45, 7) is 0. The van der Waals surface area contributed by atoms with Crippen molar-refractivity contribution in [1.82, 2.24) is 9.78 Å². The Kier molecular flexibility index (Phi) is 4.12. The van der Waals surface area contributed by atoms with Crippen LogP contribution in [0.15, 0.2) is 33.8 Å². The minimum Gasteiger partial charge on any atom is -0.304 e. The molecule has 0 bridgehead atoms. The van der Waals surface area contributed by atoms with E-state index in [4.69, 9.17) is 5.14 Å². The molecule has 3 N–H and O–H groups in total. The Morgan fingerprint density at radius 3 is 2.76 bits per heavy atom. The Balaban J connectivity index is 2.39. The smallest absolute Gasteiger partial charge is 0.259 e. The Labute approximate surface area is 128 Å². The summed E-state index contributed by atoms with van der Waals surface area (Å²) in [7, 11) is -2.60. The predicted octanol–water partition coefficient (Wildman–Crippen LogP) is 1.22.